The van der Waals surface area contributed by atoms with Crippen molar-refractivity contribution < 1.29 is 0 Å². The third-order valence-electron chi connectivity index (χ3n) is 4.09. The van der Waals surface area contributed by atoms with Crippen molar-refractivity contribution in [2.45, 2.75) is 39.2 Å². The van der Waals surface area contributed by atoms with Crippen LogP contribution in [0.15, 0.2) is 30.3 Å². The normalized spacial score (nSPS) is 16.6. The third-order valence-corrected chi connectivity index (χ3v) is 4.09. The fraction of sp³-hybridized carbons (Fsp3) is 0.471. The Balaban J connectivity index is 1.65. The summed E-state index contributed by atoms with van der Waals surface area (Å²) in [7, 11) is 0. The molecule has 1 aliphatic rings. The van der Waals surface area contributed by atoms with E-state index in [4.69, 9.17) is 0 Å². The van der Waals surface area contributed by atoms with Crippen molar-refractivity contribution in [3.8, 4) is 0 Å². The van der Waals surface area contributed by atoms with E-state index >= 15 is 0 Å². The largest absolute Gasteiger partial charge is 0.294 e. The molecule has 0 saturated heterocycles. The van der Waals surface area contributed by atoms with Crippen LogP contribution in [0.1, 0.15) is 44.1 Å². The van der Waals surface area contributed by atoms with Crippen molar-refractivity contribution in [2.75, 3.05) is 13.1 Å². The number of aromatic amines is 1. The topological polar surface area (TPSA) is 57.7 Å². The lowest BCUT2D eigenvalue weighted by atomic mass is 9.87. The van der Waals surface area contributed by atoms with Crippen LogP contribution in [0.25, 0.3) is 5.57 Å². The van der Waals surface area contributed by atoms with Gasteiger partial charge in [-0.3, -0.25) is 4.90 Å². The van der Waals surface area contributed by atoms with E-state index < -0.39 is 0 Å². The minimum atomic E-state index is 0.207. The average Bonchev–Trinajstić information content (AvgIpc) is 3.01. The Bertz CT molecular complexity index is 635. The highest BCUT2D eigenvalue weighted by Crippen LogP contribution is 2.23. The summed E-state index contributed by atoms with van der Waals surface area (Å²) in [5.41, 5.74) is 4.09. The van der Waals surface area contributed by atoms with Crippen LogP contribution in [0.5, 0.6) is 0 Å². The van der Waals surface area contributed by atoms with Gasteiger partial charge in [0.25, 0.3) is 0 Å². The Morgan fingerprint density at radius 3 is 2.59 bits per heavy atom. The lowest BCUT2D eigenvalue weighted by Gasteiger charge is -2.26. The monoisotopic (exact) mass is 297 g/mol. The highest BCUT2D eigenvalue weighted by atomic mass is 15.5. The molecule has 0 fully saturated rings. The number of aromatic nitrogens is 4. The average molecular weight is 297 g/mol. The Labute approximate surface area is 131 Å². The third kappa shape index (κ3) is 3.42. The van der Waals surface area contributed by atoms with Gasteiger partial charge in [-0.15, -0.1) is 10.2 Å². The molecule has 5 heteroatoms. The highest BCUT2D eigenvalue weighted by Gasteiger charge is 2.17. The molecule has 5 nitrogen and oxygen atoms in total. The fourth-order valence-corrected chi connectivity index (χ4v) is 2.77. The van der Waals surface area contributed by atoms with E-state index in [0.29, 0.717) is 5.82 Å². The molecule has 0 atom stereocenters. The molecule has 3 rings (SSSR count). The standard InChI is InChI=1S/C17H23N5/c1-17(2,3)15-8-6-13(7-9-15)11-22-10-4-5-14(12-22)16-18-20-21-19-16/h5-9H,4,10-12H2,1-3H3,(H,18,19,20,21). The summed E-state index contributed by atoms with van der Waals surface area (Å²) in [4.78, 5) is 2.43. The Kier molecular flexibility index (Phi) is 4.07. The van der Waals surface area contributed by atoms with Gasteiger partial charge in [-0.2, -0.15) is 5.21 Å². The molecule has 0 radical (unpaired) electrons. The van der Waals surface area contributed by atoms with Gasteiger partial charge >= 0.3 is 0 Å². The zero-order chi connectivity index (χ0) is 15.6. The number of hydrogen-bond acceptors (Lipinski definition) is 4. The van der Waals surface area contributed by atoms with Crippen LogP contribution in [-0.4, -0.2) is 38.6 Å². The molecule has 0 saturated carbocycles. The van der Waals surface area contributed by atoms with Crippen molar-refractivity contribution in [1.29, 1.82) is 0 Å². The second-order valence-corrected chi connectivity index (χ2v) is 6.91. The molecule has 1 aliphatic heterocycles. The second-order valence-electron chi connectivity index (χ2n) is 6.91. The van der Waals surface area contributed by atoms with Gasteiger partial charge in [0.05, 0.1) is 0 Å². The quantitative estimate of drug-likeness (QED) is 0.946. The number of nitrogens with one attached hydrogen (secondary N) is 1. The number of benzene rings is 1. The van der Waals surface area contributed by atoms with Gasteiger partial charge in [0.2, 0.25) is 5.82 Å². The smallest absolute Gasteiger partial charge is 0.201 e. The van der Waals surface area contributed by atoms with E-state index in [1.165, 1.54) is 11.1 Å². The molecule has 116 valence electrons. The molecule has 2 aromatic rings. The molecule has 2 heterocycles. The zero-order valence-corrected chi connectivity index (χ0v) is 13.5. The Morgan fingerprint density at radius 1 is 1.18 bits per heavy atom. The number of tetrazole rings is 1. The minimum absolute atomic E-state index is 0.207. The van der Waals surface area contributed by atoms with E-state index in [-0.39, 0.29) is 5.41 Å². The summed E-state index contributed by atoms with van der Waals surface area (Å²) in [6.07, 6.45) is 3.24. The van der Waals surface area contributed by atoms with Crippen molar-refractivity contribution in [3.63, 3.8) is 0 Å². The van der Waals surface area contributed by atoms with E-state index in [1.807, 2.05) is 0 Å². The molecular formula is C17H23N5. The van der Waals surface area contributed by atoms with Crippen molar-refractivity contribution in [1.82, 2.24) is 25.5 Å². The molecule has 0 aliphatic carbocycles. The SMILES string of the molecule is CC(C)(C)c1ccc(CN2CCC=C(c3nn[nH]n3)C2)cc1. The first-order valence-electron chi connectivity index (χ1n) is 7.77. The number of nitrogens with zero attached hydrogens (tertiary/aromatic N) is 4. The Morgan fingerprint density at radius 2 is 1.95 bits per heavy atom. The first-order chi connectivity index (χ1) is 10.5. The first-order valence-corrected chi connectivity index (χ1v) is 7.77. The van der Waals surface area contributed by atoms with Crippen molar-refractivity contribution in [3.05, 3.63) is 47.3 Å². The molecule has 1 aromatic carbocycles. The van der Waals surface area contributed by atoms with Crippen LogP contribution >= 0.6 is 0 Å². The summed E-state index contributed by atoms with van der Waals surface area (Å²) < 4.78 is 0. The van der Waals surface area contributed by atoms with Gasteiger partial charge in [0.15, 0.2) is 0 Å². The van der Waals surface area contributed by atoms with E-state index in [9.17, 15) is 0 Å². The summed E-state index contributed by atoms with van der Waals surface area (Å²) in [5.74, 6) is 0.716. The molecule has 1 aromatic heterocycles. The van der Waals surface area contributed by atoms with Crippen molar-refractivity contribution in [2.24, 2.45) is 0 Å². The lowest BCUT2D eigenvalue weighted by molar-refractivity contribution is 0.296. The Hall–Kier alpha value is -2.01. The van der Waals surface area contributed by atoms with Crippen LogP contribution in [0.3, 0.4) is 0 Å². The van der Waals surface area contributed by atoms with Crippen molar-refractivity contribution >= 4 is 5.57 Å². The van der Waals surface area contributed by atoms with Gasteiger partial charge in [-0.05, 0) is 28.2 Å². The molecule has 0 amide bonds. The molecule has 0 spiro atoms. The van der Waals surface area contributed by atoms with E-state index in [2.05, 4.69) is 76.6 Å². The predicted molar refractivity (Wildman–Crippen MR) is 87.2 cm³/mol. The number of H-pyrrole nitrogens is 1. The van der Waals surface area contributed by atoms with Crippen LogP contribution in [0.2, 0.25) is 0 Å². The van der Waals surface area contributed by atoms with E-state index in [0.717, 1.165) is 31.6 Å². The van der Waals surface area contributed by atoms with Gasteiger partial charge in [0, 0.05) is 25.2 Å². The minimum Gasteiger partial charge on any atom is -0.294 e. The van der Waals surface area contributed by atoms with Crippen LogP contribution in [0.4, 0.5) is 0 Å². The molecule has 1 N–H and O–H groups in total. The van der Waals surface area contributed by atoms with Crippen LogP contribution in [0, 0.1) is 0 Å². The second kappa shape index (κ2) is 6.01. The zero-order valence-electron chi connectivity index (χ0n) is 13.5. The maximum atomic E-state index is 4.08. The molecular weight excluding hydrogens is 274 g/mol. The maximum absolute atomic E-state index is 4.08. The summed E-state index contributed by atoms with van der Waals surface area (Å²) in [6, 6.07) is 8.98. The van der Waals surface area contributed by atoms with Gasteiger partial charge in [-0.25, -0.2) is 0 Å². The van der Waals surface area contributed by atoms with Crippen LogP contribution < -0.4 is 0 Å². The van der Waals surface area contributed by atoms with Gasteiger partial charge < -0.3 is 0 Å². The lowest BCUT2D eigenvalue weighted by Crippen LogP contribution is -2.29. The summed E-state index contributed by atoms with van der Waals surface area (Å²) in [5, 5.41) is 14.3. The van der Waals surface area contributed by atoms with Crippen LogP contribution in [-0.2, 0) is 12.0 Å². The predicted octanol–water partition coefficient (Wildman–Crippen LogP) is 2.79. The number of rotatable bonds is 3. The first kappa shape index (κ1) is 14.9. The number of hydrogen-bond donors (Lipinski definition) is 1. The fourth-order valence-electron chi connectivity index (χ4n) is 2.77. The van der Waals surface area contributed by atoms with E-state index in [1.54, 1.807) is 0 Å². The molecule has 0 unspecified atom stereocenters. The van der Waals surface area contributed by atoms with Gasteiger partial charge in [-0.1, -0.05) is 51.1 Å². The van der Waals surface area contributed by atoms with Gasteiger partial charge in [0.1, 0.15) is 0 Å². The summed E-state index contributed by atoms with van der Waals surface area (Å²) >= 11 is 0. The maximum Gasteiger partial charge on any atom is 0.201 e. The molecule has 0 bridgehead atoms. The molecule has 22 heavy (non-hydrogen) atoms. The highest BCUT2D eigenvalue weighted by molar-refractivity contribution is 5.61. The summed E-state index contributed by atoms with van der Waals surface area (Å²) in [6.45, 7) is 9.64.